The van der Waals surface area contributed by atoms with Gasteiger partial charge in [-0.2, -0.15) is 0 Å². The summed E-state index contributed by atoms with van der Waals surface area (Å²) in [5.74, 6) is 0. The number of nitrogens with one attached hydrogen (secondary N) is 1. The molecule has 0 saturated carbocycles. The molecule has 0 spiro atoms. The molecule has 1 saturated heterocycles. The Bertz CT molecular complexity index is 1080. The highest BCUT2D eigenvalue weighted by molar-refractivity contribution is 6.31. The minimum absolute atomic E-state index is 0.717. The molecule has 0 aliphatic carbocycles. The Morgan fingerprint density at radius 1 is 0.750 bits per heavy atom. The normalized spacial score (nSPS) is 14.8. The summed E-state index contributed by atoms with van der Waals surface area (Å²) in [6.07, 6.45) is 3.85. The quantitative estimate of drug-likeness (QED) is 0.475. The summed E-state index contributed by atoms with van der Waals surface area (Å²) in [6.45, 7) is 3.82. The minimum Gasteiger partial charge on any atom is -0.367 e. The lowest BCUT2D eigenvalue weighted by molar-refractivity contribution is -0.344. The Morgan fingerprint density at radius 3 is 2.14 bits per heavy atom. The van der Waals surface area contributed by atoms with Crippen LogP contribution in [0.2, 0.25) is 10.0 Å². The van der Waals surface area contributed by atoms with E-state index in [0.29, 0.717) is 0 Å². The van der Waals surface area contributed by atoms with Crippen LogP contribution in [0.5, 0.6) is 0 Å². The van der Waals surface area contributed by atoms with Gasteiger partial charge in [0.25, 0.3) is 0 Å². The van der Waals surface area contributed by atoms with Gasteiger partial charge in [0.2, 0.25) is 5.52 Å². The highest BCUT2D eigenvalue weighted by Crippen LogP contribution is 2.31. The van der Waals surface area contributed by atoms with Crippen LogP contribution in [0.4, 0.5) is 11.4 Å². The summed E-state index contributed by atoms with van der Waals surface area (Å²) in [7, 11) is 0. The molecular formula is C22H19Cl2N4+. The zero-order chi connectivity index (χ0) is 19.1. The van der Waals surface area contributed by atoms with Gasteiger partial charge in [0.15, 0.2) is 6.20 Å². The van der Waals surface area contributed by atoms with Crippen molar-refractivity contribution >= 4 is 56.4 Å². The van der Waals surface area contributed by atoms with Gasteiger partial charge in [-0.15, -0.1) is 0 Å². The molecule has 1 N–H and O–H groups in total. The van der Waals surface area contributed by atoms with Crippen molar-refractivity contribution in [1.29, 1.82) is 0 Å². The van der Waals surface area contributed by atoms with Crippen LogP contribution in [-0.2, 0) is 0 Å². The number of halogens is 2. The summed E-state index contributed by atoms with van der Waals surface area (Å²) in [4.78, 5) is 12.6. The van der Waals surface area contributed by atoms with E-state index in [9.17, 15) is 0 Å². The highest BCUT2D eigenvalue weighted by Gasteiger charge is 2.21. The molecule has 4 nitrogen and oxygen atoms in total. The summed E-state index contributed by atoms with van der Waals surface area (Å²) in [6, 6.07) is 16.2. The predicted molar refractivity (Wildman–Crippen MR) is 117 cm³/mol. The Kier molecular flexibility index (Phi) is 4.46. The lowest BCUT2D eigenvalue weighted by Crippen LogP contribution is -2.46. The third kappa shape index (κ3) is 3.13. The minimum atomic E-state index is 0.717. The van der Waals surface area contributed by atoms with E-state index in [0.717, 1.165) is 52.6 Å². The van der Waals surface area contributed by atoms with Crippen LogP contribution >= 0.6 is 23.2 Å². The van der Waals surface area contributed by atoms with Crippen LogP contribution in [0.15, 0.2) is 60.9 Å². The SMILES string of the molecule is Clc1ccc2c(N3CCN(c4cc[nH+]c5cc(Cl)ccc45)CC3)ccnc2c1. The van der Waals surface area contributed by atoms with E-state index in [-0.39, 0.29) is 0 Å². The molecule has 6 heteroatoms. The van der Waals surface area contributed by atoms with Gasteiger partial charge in [-0.25, -0.2) is 4.98 Å². The van der Waals surface area contributed by atoms with Crippen LogP contribution in [0.1, 0.15) is 0 Å². The summed E-state index contributed by atoms with van der Waals surface area (Å²) < 4.78 is 0. The van der Waals surface area contributed by atoms with E-state index in [2.05, 4.69) is 44.0 Å². The molecule has 1 aliphatic rings. The molecular weight excluding hydrogens is 391 g/mol. The topological polar surface area (TPSA) is 33.5 Å². The number of rotatable bonds is 2. The predicted octanol–water partition coefficient (Wildman–Crippen LogP) is 4.84. The zero-order valence-electron chi connectivity index (χ0n) is 15.2. The number of benzene rings is 2. The first kappa shape index (κ1) is 17.5. The van der Waals surface area contributed by atoms with Crippen LogP contribution in [0.3, 0.4) is 0 Å². The number of piperazine rings is 1. The lowest BCUT2D eigenvalue weighted by Gasteiger charge is -2.37. The zero-order valence-corrected chi connectivity index (χ0v) is 16.7. The maximum atomic E-state index is 6.15. The lowest BCUT2D eigenvalue weighted by atomic mass is 10.1. The number of H-pyrrole nitrogens is 1. The molecule has 0 amide bonds. The Morgan fingerprint density at radius 2 is 1.39 bits per heavy atom. The Hall–Kier alpha value is -2.56. The number of hydrogen-bond donors (Lipinski definition) is 0. The first-order chi connectivity index (χ1) is 13.7. The molecule has 2 aromatic carbocycles. The number of hydrogen-bond acceptors (Lipinski definition) is 3. The molecule has 0 bridgehead atoms. The number of nitrogens with zero attached hydrogens (tertiary/aromatic N) is 3. The third-order valence-electron chi connectivity index (χ3n) is 5.38. The average Bonchev–Trinajstić information content (AvgIpc) is 2.72. The molecule has 0 unspecified atom stereocenters. The molecule has 140 valence electrons. The third-order valence-corrected chi connectivity index (χ3v) is 5.85. The second-order valence-electron chi connectivity index (χ2n) is 7.02. The fourth-order valence-corrected chi connectivity index (χ4v) is 4.34. The highest BCUT2D eigenvalue weighted by atomic mass is 35.5. The van der Waals surface area contributed by atoms with Crippen molar-refractivity contribution < 1.29 is 4.98 Å². The summed E-state index contributed by atoms with van der Waals surface area (Å²) in [5.41, 5.74) is 4.47. The molecule has 2 aromatic heterocycles. The van der Waals surface area contributed by atoms with Crippen molar-refractivity contribution in [2.45, 2.75) is 0 Å². The first-order valence-corrected chi connectivity index (χ1v) is 10.1. The molecule has 4 aromatic rings. The van der Waals surface area contributed by atoms with Gasteiger partial charge in [-0.1, -0.05) is 23.2 Å². The van der Waals surface area contributed by atoms with E-state index in [1.54, 1.807) is 0 Å². The molecule has 0 radical (unpaired) electrons. The Labute approximate surface area is 173 Å². The molecule has 3 heterocycles. The number of anilines is 2. The summed E-state index contributed by atoms with van der Waals surface area (Å²) >= 11 is 12.3. The van der Waals surface area contributed by atoms with Crippen molar-refractivity contribution in [2.24, 2.45) is 0 Å². The number of pyridine rings is 2. The van der Waals surface area contributed by atoms with Gasteiger partial charge >= 0.3 is 0 Å². The second-order valence-corrected chi connectivity index (χ2v) is 7.89. The molecule has 28 heavy (non-hydrogen) atoms. The number of aromatic nitrogens is 2. The fraction of sp³-hybridized carbons (Fsp3) is 0.182. The van der Waals surface area contributed by atoms with E-state index in [1.807, 2.05) is 36.7 Å². The van der Waals surface area contributed by atoms with Crippen LogP contribution in [0.25, 0.3) is 21.8 Å². The van der Waals surface area contributed by atoms with Gasteiger partial charge < -0.3 is 9.80 Å². The van der Waals surface area contributed by atoms with Gasteiger partial charge in [-0.05, 0) is 36.4 Å². The van der Waals surface area contributed by atoms with Gasteiger partial charge in [0.1, 0.15) is 0 Å². The van der Waals surface area contributed by atoms with Crippen molar-refractivity contribution in [2.75, 3.05) is 36.0 Å². The molecule has 5 rings (SSSR count). The van der Waals surface area contributed by atoms with Gasteiger partial charge in [0, 0.05) is 65.6 Å². The average molecular weight is 410 g/mol. The van der Waals surface area contributed by atoms with Gasteiger partial charge in [-0.3, -0.25) is 4.98 Å². The largest absolute Gasteiger partial charge is 0.367 e. The molecule has 1 aliphatic heterocycles. The molecule has 1 fully saturated rings. The van der Waals surface area contributed by atoms with Crippen LogP contribution in [0, 0.1) is 0 Å². The number of fused-ring (bicyclic) bond motifs is 2. The van der Waals surface area contributed by atoms with E-state index in [1.165, 1.54) is 16.8 Å². The van der Waals surface area contributed by atoms with E-state index < -0.39 is 0 Å². The fourth-order valence-electron chi connectivity index (χ4n) is 4.01. The number of aromatic amines is 1. The van der Waals surface area contributed by atoms with Crippen LogP contribution < -0.4 is 14.8 Å². The maximum Gasteiger partial charge on any atom is 0.214 e. The summed E-state index contributed by atoms with van der Waals surface area (Å²) in [5, 5.41) is 3.81. The maximum absolute atomic E-state index is 6.15. The van der Waals surface area contributed by atoms with E-state index >= 15 is 0 Å². The monoisotopic (exact) mass is 409 g/mol. The van der Waals surface area contributed by atoms with Crippen molar-refractivity contribution in [3.8, 4) is 0 Å². The van der Waals surface area contributed by atoms with Crippen molar-refractivity contribution in [3.05, 3.63) is 71.0 Å². The van der Waals surface area contributed by atoms with E-state index in [4.69, 9.17) is 23.2 Å². The van der Waals surface area contributed by atoms with Crippen molar-refractivity contribution in [3.63, 3.8) is 0 Å². The van der Waals surface area contributed by atoms with Gasteiger partial charge in [0.05, 0.1) is 16.6 Å². The standard InChI is InChI=1S/C22H18Cl2N4/c23-15-1-3-17-19(13-15)25-7-5-21(17)27-9-11-28(12-10-27)22-6-8-26-20-14-16(24)2-4-18(20)22/h1-8,13-14H,9-12H2/p+1. The second kappa shape index (κ2) is 7.12. The molecule has 0 atom stereocenters. The van der Waals surface area contributed by atoms with Crippen molar-refractivity contribution in [1.82, 2.24) is 4.98 Å². The Balaban J connectivity index is 1.42. The smallest absolute Gasteiger partial charge is 0.214 e. The first-order valence-electron chi connectivity index (χ1n) is 9.33. The van der Waals surface area contributed by atoms with Crippen LogP contribution in [-0.4, -0.2) is 31.2 Å².